The van der Waals surface area contributed by atoms with Crippen molar-refractivity contribution >= 4 is 17.1 Å². The molecule has 3 aromatic rings. The van der Waals surface area contributed by atoms with Gasteiger partial charge in [-0.25, -0.2) is 14.8 Å². The quantitative estimate of drug-likeness (QED) is 0.650. The smallest absolute Gasteiger partial charge is 0.317 e. The highest BCUT2D eigenvalue weighted by molar-refractivity contribution is 5.74. The van der Waals surface area contributed by atoms with Gasteiger partial charge >= 0.3 is 6.03 Å². The van der Waals surface area contributed by atoms with E-state index in [1.165, 1.54) is 5.56 Å². The van der Waals surface area contributed by atoms with Gasteiger partial charge in [-0.05, 0) is 30.5 Å². The predicted molar refractivity (Wildman–Crippen MR) is 113 cm³/mol. The number of ether oxygens (including phenoxy) is 1. The van der Waals surface area contributed by atoms with Crippen molar-refractivity contribution in [2.45, 2.75) is 31.8 Å². The summed E-state index contributed by atoms with van der Waals surface area (Å²) in [5, 5.41) is 3.03. The molecule has 1 fully saturated rings. The molecule has 4 rings (SSSR count). The van der Waals surface area contributed by atoms with E-state index in [2.05, 4.69) is 27.4 Å². The van der Waals surface area contributed by atoms with Crippen LogP contribution in [0.3, 0.4) is 0 Å². The number of rotatable bonds is 6. The zero-order chi connectivity index (χ0) is 19.9. The monoisotopic (exact) mass is 390 g/mol. The summed E-state index contributed by atoms with van der Waals surface area (Å²) in [6.45, 7) is 2.07. The Hall–Kier alpha value is -3.15. The Kier molecular flexibility index (Phi) is 6.19. The number of nitrogens with one attached hydrogen (secondary N) is 1. The maximum absolute atomic E-state index is 12.4. The van der Waals surface area contributed by atoms with Crippen LogP contribution < -0.4 is 10.1 Å². The summed E-state index contributed by atoms with van der Waals surface area (Å²) in [7, 11) is 0. The van der Waals surface area contributed by atoms with Gasteiger partial charge < -0.3 is 15.0 Å². The summed E-state index contributed by atoms with van der Waals surface area (Å²) in [6, 6.07) is 18.1. The SMILES string of the molecule is O=C(NCCCc1ccccc1)N1CCC(Oc2cnc3ccccc3n2)CC1. The molecule has 0 atom stereocenters. The van der Waals surface area contributed by atoms with Crippen molar-refractivity contribution in [3.63, 3.8) is 0 Å². The van der Waals surface area contributed by atoms with Crippen molar-refractivity contribution in [3.05, 3.63) is 66.4 Å². The Morgan fingerprint density at radius 1 is 1.03 bits per heavy atom. The first-order valence-corrected chi connectivity index (χ1v) is 10.2. The molecule has 0 bridgehead atoms. The lowest BCUT2D eigenvalue weighted by molar-refractivity contribution is 0.107. The van der Waals surface area contributed by atoms with Gasteiger partial charge in [0, 0.05) is 32.5 Å². The summed E-state index contributed by atoms with van der Waals surface area (Å²) < 4.78 is 6.01. The van der Waals surface area contributed by atoms with E-state index in [-0.39, 0.29) is 12.1 Å². The topological polar surface area (TPSA) is 67.4 Å². The first-order valence-electron chi connectivity index (χ1n) is 10.2. The van der Waals surface area contributed by atoms with E-state index in [0.29, 0.717) is 25.5 Å². The second-order valence-electron chi connectivity index (χ2n) is 7.32. The third-order valence-corrected chi connectivity index (χ3v) is 5.20. The minimum absolute atomic E-state index is 0.0157. The molecule has 6 nitrogen and oxygen atoms in total. The third kappa shape index (κ3) is 5.22. The van der Waals surface area contributed by atoms with Crippen molar-refractivity contribution in [1.29, 1.82) is 0 Å². The number of para-hydroxylation sites is 2. The lowest BCUT2D eigenvalue weighted by Gasteiger charge is -2.31. The summed E-state index contributed by atoms with van der Waals surface area (Å²) in [4.78, 5) is 23.2. The molecule has 0 radical (unpaired) electrons. The maximum atomic E-state index is 12.4. The average molecular weight is 390 g/mol. The van der Waals surface area contributed by atoms with Gasteiger partial charge in [0.2, 0.25) is 5.88 Å². The van der Waals surface area contributed by atoms with Crippen LogP contribution in [0.5, 0.6) is 5.88 Å². The molecule has 1 N–H and O–H groups in total. The Morgan fingerprint density at radius 2 is 1.76 bits per heavy atom. The molecule has 0 saturated carbocycles. The van der Waals surface area contributed by atoms with Gasteiger partial charge in [-0.3, -0.25) is 0 Å². The van der Waals surface area contributed by atoms with Crippen LogP contribution in [-0.4, -0.2) is 46.6 Å². The molecule has 2 aromatic carbocycles. The van der Waals surface area contributed by atoms with E-state index >= 15 is 0 Å². The number of likely N-dealkylation sites (tertiary alicyclic amines) is 1. The van der Waals surface area contributed by atoms with Gasteiger partial charge in [0.25, 0.3) is 0 Å². The van der Waals surface area contributed by atoms with Gasteiger partial charge in [-0.15, -0.1) is 0 Å². The first kappa shape index (κ1) is 19.2. The summed E-state index contributed by atoms with van der Waals surface area (Å²) in [5.74, 6) is 0.549. The number of hydrogen-bond donors (Lipinski definition) is 1. The van der Waals surface area contributed by atoms with E-state index in [4.69, 9.17) is 4.74 Å². The second-order valence-corrected chi connectivity index (χ2v) is 7.32. The van der Waals surface area contributed by atoms with Crippen LogP contribution in [0.4, 0.5) is 4.79 Å². The number of amides is 2. The van der Waals surface area contributed by atoms with Crippen LogP contribution >= 0.6 is 0 Å². The number of piperidine rings is 1. The Labute approximate surface area is 170 Å². The Bertz CT molecular complexity index is 940. The molecule has 0 spiro atoms. The van der Waals surface area contributed by atoms with Crippen molar-refractivity contribution in [2.24, 2.45) is 0 Å². The van der Waals surface area contributed by atoms with Crippen LogP contribution in [0.15, 0.2) is 60.8 Å². The summed E-state index contributed by atoms with van der Waals surface area (Å²) in [6.07, 6.45) is 5.25. The van der Waals surface area contributed by atoms with Crippen LogP contribution in [0.2, 0.25) is 0 Å². The molecule has 0 aliphatic carbocycles. The normalized spacial score (nSPS) is 14.7. The van der Waals surface area contributed by atoms with E-state index in [1.54, 1.807) is 6.20 Å². The molecule has 1 aliphatic rings. The molecular formula is C23H26N4O2. The van der Waals surface area contributed by atoms with Crippen molar-refractivity contribution in [3.8, 4) is 5.88 Å². The number of nitrogens with zero attached hydrogens (tertiary/aromatic N) is 3. The van der Waals surface area contributed by atoms with E-state index < -0.39 is 0 Å². The maximum Gasteiger partial charge on any atom is 0.317 e. The number of carbonyl (C=O) groups is 1. The van der Waals surface area contributed by atoms with Crippen LogP contribution in [-0.2, 0) is 6.42 Å². The van der Waals surface area contributed by atoms with Crippen molar-refractivity contribution in [2.75, 3.05) is 19.6 Å². The number of aromatic nitrogens is 2. The number of fused-ring (bicyclic) bond motifs is 1. The Morgan fingerprint density at radius 3 is 2.55 bits per heavy atom. The summed E-state index contributed by atoms with van der Waals surface area (Å²) >= 11 is 0. The van der Waals surface area contributed by atoms with E-state index in [1.807, 2.05) is 47.4 Å². The third-order valence-electron chi connectivity index (χ3n) is 5.20. The fraction of sp³-hybridized carbons (Fsp3) is 0.348. The highest BCUT2D eigenvalue weighted by Gasteiger charge is 2.24. The van der Waals surface area contributed by atoms with Gasteiger partial charge in [0.15, 0.2) is 0 Å². The van der Waals surface area contributed by atoms with Gasteiger partial charge in [-0.2, -0.15) is 0 Å². The highest BCUT2D eigenvalue weighted by Crippen LogP contribution is 2.19. The number of carbonyl (C=O) groups excluding carboxylic acids is 1. The second kappa shape index (κ2) is 9.37. The number of aryl methyl sites for hydroxylation is 1. The zero-order valence-electron chi connectivity index (χ0n) is 16.5. The molecule has 6 heteroatoms. The molecule has 29 heavy (non-hydrogen) atoms. The minimum atomic E-state index is 0.0157. The number of hydrogen-bond acceptors (Lipinski definition) is 4. The molecule has 2 heterocycles. The number of benzene rings is 2. The van der Waals surface area contributed by atoms with Crippen molar-refractivity contribution in [1.82, 2.24) is 20.2 Å². The van der Waals surface area contributed by atoms with Crippen molar-refractivity contribution < 1.29 is 9.53 Å². The molecule has 1 saturated heterocycles. The van der Waals surface area contributed by atoms with Crippen LogP contribution in [0.25, 0.3) is 11.0 Å². The van der Waals surface area contributed by atoms with Gasteiger partial charge in [0.05, 0.1) is 17.2 Å². The molecular weight excluding hydrogens is 364 g/mol. The molecule has 1 aliphatic heterocycles. The predicted octanol–water partition coefficient (Wildman–Crippen LogP) is 3.82. The van der Waals surface area contributed by atoms with E-state index in [0.717, 1.165) is 36.7 Å². The molecule has 150 valence electrons. The lowest BCUT2D eigenvalue weighted by Crippen LogP contribution is -2.46. The standard InChI is InChI=1S/C23H26N4O2/c28-23(24-14-6-9-18-7-2-1-3-8-18)27-15-12-19(13-16-27)29-22-17-25-20-10-4-5-11-21(20)26-22/h1-5,7-8,10-11,17,19H,6,9,12-16H2,(H,24,28). The van der Waals surface area contributed by atoms with Crippen LogP contribution in [0, 0.1) is 0 Å². The largest absolute Gasteiger partial charge is 0.473 e. The van der Waals surface area contributed by atoms with Gasteiger partial charge in [-0.1, -0.05) is 42.5 Å². The molecule has 0 unspecified atom stereocenters. The molecule has 2 amide bonds. The molecule has 1 aromatic heterocycles. The fourth-order valence-corrected chi connectivity index (χ4v) is 3.59. The average Bonchev–Trinajstić information content (AvgIpc) is 2.78. The zero-order valence-corrected chi connectivity index (χ0v) is 16.5. The van der Waals surface area contributed by atoms with Gasteiger partial charge in [0.1, 0.15) is 6.10 Å². The summed E-state index contributed by atoms with van der Waals surface area (Å²) in [5.41, 5.74) is 2.99. The Balaban J connectivity index is 1.19. The fourth-order valence-electron chi connectivity index (χ4n) is 3.59. The van der Waals surface area contributed by atoms with E-state index in [9.17, 15) is 4.79 Å². The minimum Gasteiger partial charge on any atom is -0.473 e. The highest BCUT2D eigenvalue weighted by atomic mass is 16.5. The number of urea groups is 1. The first-order chi connectivity index (χ1) is 14.3. The lowest BCUT2D eigenvalue weighted by atomic mass is 10.1. The van der Waals surface area contributed by atoms with Crippen LogP contribution in [0.1, 0.15) is 24.8 Å².